The molecule has 9 nitrogen and oxygen atoms in total. The molecule has 0 radical (unpaired) electrons. The molecule has 5 heterocycles. The summed E-state index contributed by atoms with van der Waals surface area (Å²) < 4.78 is 1.62. The normalized spacial score (nSPS) is 15.9. The van der Waals surface area contributed by atoms with Crippen LogP contribution in [0.15, 0.2) is 55.5 Å². The molecule has 4 aromatic heterocycles. The Hall–Kier alpha value is -4.01. The summed E-state index contributed by atoms with van der Waals surface area (Å²) in [5.41, 5.74) is 4.86. The average Bonchev–Trinajstić information content (AvgIpc) is 3.58. The highest BCUT2D eigenvalue weighted by Gasteiger charge is 2.32. The Morgan fingerprint density at radius 1 is 1.24 bits per heavy atom. The van der Waals surface area contributed by atoms with Crippen molar-refractivity contribution >= 4 is 28.4 Å². The first-order valence-electron chi connectivity index (χ1n) is 11.1. The van der Waals surface area contributed by atoms with Gasteiger partial charge in [0.2, 0.25) is 11.8 Å². The van der Waals surface area contributed by atoms with Gasteiger partial charge in [-0.2, -0.15) is 14.8 Å². The molecule has 0 aromatic carbocycles. The van der Waals surface area contributed by atoms with Gasteiger partial charge in [-0.25, -0.2) is 4.98 Å². The maximum atomic E-state index is 12.5. The lowest BCUT2D eigenvalue weighted by Crippen LogP contribution is -2.45. The molecule has 2 amide bonds. The summed E-state index contributed by atoms with van der Waals surface area (Å²) in [6.45, 7) is 4.67. The van der Waals surface area contributed by atoms with Crippen molar-refractivity contribution < 1.29 is 9.59 Å². The van der Waals surface area contributed by atoms with Crippen LogP contribution in [-0.4, -0.2) is 60.6 Å². The number of hydrogen-bond acceptors (Lipinski definition) is 5. The van der Waals surface area contributed by atoms with Gasteiger partial charge in [0, 0.05) is 42.1 Å². The van der Waals surface area contributed by atoms with Gasteiger partial charge in [0.1, 0.15) is 11.7 Å². The van der Waals surface area contributed by atoms with Gasteiger partial charge in [-0.05, 0) is 61.6 Å². The number of amides is 2. The fourth-order valence-electron chi connectivity index (χ4n) is 4.52. The summed E-state index contributed by atoms with van der Waals surface area (Å²) in [7, 11) is 0. The zero-order chi connectivity index (χ0) is 22.8. The number of nitrogens with zero attached hydrogens (tertiary/aromatic N) is 5. The first-order chi connectivity index (χ1) is 16.2. The number of rotatable bonds is 7. The van der Waals surface area contributed by atoms with Gasteiger partial charge < -0.3 is 15.2 Å². The molecule has 1 aliphatic rings. The highest BCUT2D eigenvalue weighted by atomic mass is 16.2. The molecule has 1 aliphatic heterocycles. The van der Waals surface area contributed by atoms with Gasteiger partial charge in [-0.1, -0.05) is 6.58 Å². The van der Waals surface area contributed by atoms with Crippen molar-refractivity contribution in [1.29, 1.82) is 0 Å². The summed E-state index contributed by atoms with van der Waals surface area (Å²) in [6, 6.07) is 7.60. The maximum Gasteiger partial charge on any atom is 0.246 e. The van der Waals surface area contributed by atoms with Crippen LogP contribution in [0.1, 0.15) is 25.0 Å². The van der Waals surface area contributed by atoms with Gasteiger partial charge in [0.15, 0.2) is 0 Å². The molecule has 2 N–H and O–H groups in total. The number of fused-ring (bicyclic) bond motifs is 2. The van der Waals surface area contributed by atoms with Gasteiger partial charge >= 0.3 is 0 Å². The average molecular weight is 444 g/mol. The van der Waals surface area contributed by atoms with Gasteiger partial charge in [-0.15, -0.1) is 0 Å². The minimum absolute atomic E-state index is 0.0926. The van der Waals surface area contributed by atoms with Crippen LogP contribution in [0.4, 0.5) is 0 Å². The van der Waals surface area contributed by atoms with Gasteiger partial charge in [0.25, 0.3) is 0 Å². The molecule has 1 atom stereocenters. The monoisotopic (exact) mass is 443 g/mol. The van der Waals surface area contributed by atoms with Crippen LogP contribution in [0, 0.1) is 0 Å². The molecule has 168 valence electrons. The molecule has 1 unspecified atom stereocenters. The molecule has 1 fully saturated rings. The van der Waals surface area contributed by atoms with Crippen LogP contribution in [0.2, 0.25) is 0 Å². The molecule has 33 heavy (non-hydrogen) atoms. The lowest BCUT2D eigenvalue weighted by Gasteiger charge is -2.22. The fourth-order valence-corrected chi connectivity index (χ4v) is 4.52. The number of likely N-dealkylation sites (tertiary alicyclic amines) is 1. The third kappa shape index (κ3) is 3.97. The maximum absolute atomic E-state index is 12.5. The largest absolute Gasteiger partial charge is 0.354 e. The molecule has 0 bridgehead atoms. The quantitative estimate of drug-likeness (QED) is 0.337. The molecule has 0 spiro atoms. The second-order valence-corrected chi connectivity index (χ2v) is 8.16. The van der Waals surface area contributed by atoms with E-state index in [9.17, 15) is 9.59 Å². The Balaban J connectivity index is 1.25. The number of aromatic nitrogens is 5. The minimum atomic E-state index is -0.393. The summed E-state index contributed by atoms with van der Waals surface area (Å²) in [5.74, 6) is -0.277. The van der Waals surface area contributed by atoms with E-state index in [0.717, 1.165) is 52.6 Å². The minimum Gasteiger partial charge on any atom is -0.354 e. The van der Waals surface area contributed by atoms with E-state index in [4.69, 9.17) is 0 Å². The first kappa shape index (κ1) is 20.9. The number of hydrogen-bond donors (Lipinski definition) is 2. The van der Waals surface area contributed by atoms with Gasteiger partial charge in [0.05, 0.1) is 11.7 Å². The van der Waals surface area contributed by atoms with E-state index in [1.165, 1.54) is 6.08 Å². The molecule has 0 aliphatic carbocycles. The number of carbonyl (C=O) groups excluding carboxylic acids is 2. The number of nitrogens with one attached hydrogen (secondary N) is 2. The molecular formula is C24H25N7O2. The van der Waals surface area contributed by atoms with E-state index in [0.29, 0.717) is 19.5 Å². The van der Waals surface area contributed by atoms with Crippen molar-refractivity contribution in [2.75, 3.05) is 13.1 Å². The third-order valence-electron chi connectivity index (χ3n) is 6.12. The van der Waals surface area contributed by atoms with Crippen LogP contribution >= 0.6 is 0 Å². The van der Waals surface area contributed by atoms with E-state index in [1.807, 2.05) is 24.4 Å². The molecular weight excluding hydrogens is 418 g/mol. The van der Waals surface area contributed by atoms with Crippen LogP contribution in [-0.2, 0) is 16.0 Å². The van der Waals surface area contributed by atoms with Crippen LogP contribution in [0.5, 0.6) is 0 Å². The Morgan fingerprint density at radius 3 is 3.03 bits per heavy atom. The Kier molecular flexibility index (Phi) is 5.60. The van der Waals surface area contributed by atoms with E-state index in [-0.39, 0.29) is 11.8 Å². The topological polar surface area (TPSA) is 108 Å². The lowest BCUT2D eigenvalue weighted by atomic mass is 10.1. The zero-order valence-electron chi connectivity index (χ0n) is 18.2. The predicted octanol–water partition coefficient (Wildman–Crippen LogP) is 2.50. The SMILES string of the molecule is C=CC(=O)N1CCCC1C(=O)NCCCc1cc2c(-c3cnn4ncccc34)ccnc2[nH]1. The van der Waals surface area contributed by atoms with Crippen molar-refractivity contribution in [3.8, 4) is 11.1 Å². The fraction of sp³-hybridized carbons (Fsp3) is 0.292. The number of carbonyl (C=O) groups is 2. The van der Waals surface area contributed by atoms with Crippen molar-refractivity contribution in [2.24, 2.45) is 0 Å². The zero-order valence-corrected chi connectivity index (χ0v) is 18.2. The Bertz CT molecular complexity index is 1340. The molecule has 5 rings (SSSR count). The summed E-state index contributed by atoms with van der Waals surface area (Å²) in [5, 5.41) is 12.6. The molecule has 4 aromatic rings. The van der Waals surface area contributed by atoms with E-state index in [1.54, 1.807) is 21.9 Å². The highest BCUT2D eigenvalue weighted by Crippen LogP contribution is 2.31. The number of H-pyrrole nitrogens is 1. The second kappa shape index (κ2) is 8.85. The Labute approximate surface area is 190 Å². The summed E-state index contributed by atoms with van der Waals surface area (Å²) in [4.78, 5) is 33.9. The van der Waals surface area contributed by atoms with E-state index in [2.05, 4.69) is 38.1 Å². The van der Waals surface area contributed by atoms with Crippen LogP contribution in [0.3, 0.4) is 0 Å². The first-order valence-corrected chi connectivity index (χ1v) is 11.1. The van der Waals surface area contributed by atoms with Crippen molar-refractivity contribution in [2.45, 2.75) is 31.7 Å². The predicted molar refractivity (Wildman–Crippen MR) is 124 cm³/mol. The van der Waals surface area contributed by atoms with E-state index >= 15 is 0 Å². The van der Waals surface area contributed by atoms with E-state index < -0.39 is 6.04 Å². The number of aryl methyl sites for hydroxylation is 1. The molecule has 1 saturated heterocycles. The van der Waals surface area contributed by atoms with Crippen molar-refractivity contribution in [3.05, 3.63) is 61.2 Å². The second-order valence-electron chi connectivity index (χ2n) is 8.16. The molecule has 9 heteroatoms. The number of aromatic amines is 1. The number of pyridine rings is 1. The molecule has 0 saturated carbocycles. The summed E-state index contributed by atoms with van der Waals surface area (Å²) >= 11 is 0. The highest BCUT2D eigenvalue weighted by molar-refractivity contribution is 5.97. The van der Waals surface area contributed by atoms with Crippen LogP contribution in [0.25, 0.3) is 27.7 Å². The van der Waals surface area contributed by atoms with Crippen molar-refractivity contribution in [1.82, 2.24) is 35.0 Å². The Morgan fingerprint density at radius 2 is 2.15 bits per heavy atom. The smallest absolute Gasteiger partial charge is 0.246 e. The van der Waals surface area contributed by atoms with Crippen LogP contribution < -0.4 is 5.32 Å². The van der Waals surface area contributed by atoms with Crippen molar-refractivity contribution in [3.63, 3.8) is 0 Å². The third-order valence-corrected chi connectivity index (χ3v) is 6.12. The standard InChI is InChI=1S/C24H25N7O2/c1-2-22(32)30-13-5-8-21(30)24(33)26-10-3-6-16-14-18-17(9-12-25-23(18)29-16)19-15-28-31-20(19)7-4-11-27-31/h2,4,7,9,11-12,14-15,21H,1,3,5-6,8,10,13H2,(H,25,29)(H,26,33). The van der Waals surface area contributed by atoms with Gasteiger partial charge in [-0.3, -0.25) is 9.59 Å². The summed E-state index contributed by atoms with van der Waals surface area (Å²) in [6.07, 6.45) is 9.67. The lowest BCUT2D eigenvalue weighted by molar-refractivity contribution is -0.135.